The van der Waals surface area contributed by atoms with E-state index in [4.69, 9.17) is 5.73 Å². The van der Waals surface area contributed by atoms with Crippen LogP contribution in [0, 0.1) is 5.82 Å². The summed E-state index contributed by atoms with van der Waals surface area (Å²) in [7, 11) is 0. The van der Waals surface area contributed by atoms with E-state index in [0.29, 0.717) is 11.0 Å². The lowest BCUT2D eigenvalue weighted by Crippen LogP contribution is -1.97. The molecule has 0 spiro atoms. The fourth-order valence-corrected chi connectivity index (χ4v) is 1.94. The molecule has 0 bridgehead atoms. The molecule has 78 valence electrons. The summed E-state index contributed by atoms with van der Waals surface area (Å²) < 4.78 is 13.6. The molecule has 0 atom stereocenters. The highest BCUT2D eigenvalue weighted by Crippen LogP contribution is 2.29. The zero-order valence-electron chi connectivity index (χ0n) is 7.80. The van der Waals surface area contributed by atoms with Gasteiger partial charge in [0.25, 0.3) is 0 Å². The number of rotatable bonds is 2. The number of nitrogens with zero attached hydrogens (tertiary/aromatic N) is 1. The lowest BCUT2D eigenvalue weighted by atomic mass is 10.1. The topological polar surface area (TPSA) is 54.7 Å². The molecular formula is C10H9BrFN3. The molecule has 15 heavy (non-hydrogen) atoms. The Bertz CT molecular complexity index is 481. The Morgan fingerprint density at radius 2 is 2.27 bits per heavy atom. The molecule has 0 saturated carbocycles. The van der Waals surface area contributed by atoms with E-state index in [2.05, 4.69) is 26.1 Å². The molecule has 2 rings (SSSR count). The molecule has 5 heteroatoms. The SMILES string of the molecule is NCc1cn[nH]c1-c1ccc(F)cc1Br. The van der Waals surface area contributed by atoms with Gasteiger partial charge in [-0.2, -0.15) is 5.10 Å². The molecular weight excluding hydrogens is 261 g/mol. The second-order valence-corrected chi connectivity index (χ2v) is 3.95. The van der Waals surface area contributed by atoms with Gasteiger partial charge in [-0.3, -0.25) is 5.10 Å². The number of aromatic nitrogens is 2. The fraction of sp³-hybridized carbons (Fsp3) is 0.100. The second kappa shape index (κ2) is 4.12. The van der Waals surface area contributed by atoms with Crippen molar-refractivity contribution in [2.75, 3.05) is 0 Å². The molecule has 0 fully saturated rings. The van der Waals surface area contributed by atoms with Gasteiger partial charge in [0.05, 0.1) is 11.9 Å². The summed E-state index contributed by atoms with van der Waals surface area (Å²) in [5.41, 5.74) is 8.15. The van der Waals surface area contributed by atoms with E-state index < -0.39 is 0 Å². The number of hydrogen-bond acceptors (Lipinski definition) is 2. The van der Waals surface area contributed by atoms with Gasteiger partial charge in [-0.15, -0.1) is 0 Å². The standard InChI is InChI=1S/C10H9BrFN3/c11-9-3-7(12)1-2-8(9)10-6(4-13)5-14-15-10/h1-3,5H,4,13H2,(H,14,15). The molecule has 2 aromatic rings. The van der Waals surface area contributed by atoms with Crippen molar-refractivity contribution in [1.29, 1.82) is 0 Å². The van der Waals surface area contributed by atoms with Crippen LogP contribution in [-0.2, 0) is 6.54 Å². The molecule has 1 heterocycles. The van der Waals surface area contributed by atoms with E-state index in [1.807, 2.05) is 0 Å². The number of benzene rings is 1. The Kier molecular flexibility index (Phi) is 2.83. The van der Waals surface area contributed by atoms with Crippen LogP contribution >= 0.6 is 15.9 Å². The first kappa shape index (κ1) is 10.3. The Morgan fingerprint density at radius 1 is 1.47 bits per heavy atom. The lowest BCUT2D eigenvalue weighted by Gasteiger charge is -2.04. The van der Waals surface area contributed by atoms with Gasteiger partial charge in [0.15, 0.2) is 0 Å². The summed E-state index contributed by atoms with van der Waals surface area (Å²) in [6, 6.07) is 4.50. The average Bonchev–Trinajstić information content (AvgIpc) is 2.65. The van der Waals surface area contributed by atoms with Crippen LogP contribution in [-0.4, -0.2) is 10.2 Å². The van der Waals surface area contributed by atoms with Crippen LogP contribution in [0.25, 0.3) is 11.3 Å². The smallest absolute Gasteiger partial charge is 0.124 e. The van der Waals surface area contributed by atoms with Gasteiger partial charge in [-0.05, 0) is 34.1 Å². The number of halogens is 2. The minimum atomic E-state index is -0.278. The Hall–Kier alpha value is -1.20. The van der Waals surface area contributed by atoms with Crippen LogP contribution in [0.3, 0.4) is 0 Å². The van der Waals surface area contributed by atoms with Gasteiger partial charge in [0.1, 0.15) is 5.82 Å². The molecule has 0 radical (unpaired) electrons. The van der Waals surface area contributed by atoms with Crippen molar-refractivity contribution < 1.29 is 4.39 Å². The van der Waals surface area contributed by atoms with Crippen molar-refractivity contribution in [2.45, 2.75) is 6.54 Å². The summed E-state index contributed by atoms with van der Waals surface area (Å²) in [5.74, 6) is -0.278. The molecule has 0 aliphatic heterocycles. The van der Waals surface area contributed by atoms with Crippen LogP contribution in [0.15, 0.2) is 28.9 Å². The fourth-order valence-electron chi connectivity index (χ4n) is 1.39. The quantitative estimate of drug-likeness (QED) is 0.880. The van der Waals surface area contributed by atoms with E-state index in [1.54, 1.807) is 12.3 Å². The zero-order valence-corrected chi connectivity index (χ0v) is 9.38. The predicted molar refractivity (Wildman–Crippen MR) is 59.6 cm³/mol. The Morgan fingerprint density at radius 3 is 2.93 bits per heavy atom. The van der Waals surface area contributed by atoms with Gasteiger partial charge < -0.3 is 5.73 Å². The van der Waals surface area contributed by atoms with Crippen molar-refractivity contribution >= 4 is 15.9 Å². The van der Waals surface area contributed by atoms with Crippen molar-refractivity contribution in [3.63, 3.8) is 0 Å². The first-order valence-corrected chi connectivity index (χ1v) is 5.19. The van der Waals surface area contributed by atoms with Gasteiger partial charge >= 0.3 is 0 Å². The third-order valence-corrected chi connectivity index (χ3v) is 2.79. The van der Waals surface area contributed by atoms with E-state index in [0.717, 1.165) is 16.8 Å². The van der Waals surface area contributed by atoms with Gasteiger partial charge in [-0.1, -0.05) is 0 Å². The molecule has 1 aromatic heterocycles. The van der Waals surface area contributed by atoms with E-state index in [9.17, 15) is 4.39 Å². The van der Waals surface area contributed by atoms with Crippen LogP contribution in [0.2, 0.25) is 0 Å². The first-order valence-electron chi connectivity index (χ1n) is 4.40. The second-order valence-electron chi connectivity index (χ2n) is 3.10. The maximum atomic E-state index is 12.9. The highest BCUT2D eigenvalue weighted by Gasteiger charge is 2.09. The molecule has 0 unspecified atom stereocenters. The van der Waals surface area contributed by atoms with E-state index >= 15 is 0 Å². The normalized spacial score (nSPS) is 10.6. The molecule has 0 saturated heterocycles. The maximum absolute atomic E-state index is 12.9. The van der Waals surface area contributed by atoms with Gasteiger partial charge in [0, 0.05) is 22.1 Å². The van der Waals surface area contributed by atoms with Crippen LogP contribution in [0.4, 0.5) is 4.39 Å². The third kappa shape index (κ3) is 1.93. The van der Waals surface area contributed by atoms with Crippen molar-refractivity contribution in [2.24, 2.45) is 5.73 Å². The Labute approximate surface area is 94.6 Å². The summed E-state index contributed by atoms with van der Waals surface area (Å²) >= 11 is 3.30. The van der Waals surface area contributed by atoms with Crippen LogP contribution in [0.1, 0.15) is 5.56 Å². The van der Waals surface area contributed by atoms with Crippen molar-refractivity contribution in [3.8, 4) is 11.3 Å². The largest absolute Gasteiger partial charge is 0.326 e. The highest BCUT2D eigenvalue weighted by molar-refractivity contribution is 9.10. The molecule has 0 aliphatic rings. The molecule has 3 N–H and O–H groups in total. The summed E-state index contributed by atoms with van der Waals surface area (Å²) in [4.78, 5) is 0. The number of nitrogens with one attached hydrogen (secondary N) is 1. The predicted octanol–water partition coefficient (Wildman–Crippen LogP) is 2.44. The minimum absolute atomic E-state index is 0.278. The van der Waals surface area contributed by atoms with Crippen LogP contribution < -0.4 is 5.73 Å². The van der Waals surface area contributed by atoms with E-state index in [-0.39, 0.29) is 5.82 Å². The highest BCUT2D eigenvalue weighted by atomic mass is 79.9. The molecule has 1 aromatic carbocycles. The van der Waals surface area contributed by atoms with Gasteiger partial charge in [0.2, 0.25) is 0 Å². The zero-order chi connectivity index (χ0) is 10.8. The minimum Gasteiger partial charge on any atom is -0.326 e. The van der Waals surface area contributed by atoms with Crippen molar-refractivity contribution in [3.05, 3.63) is 40.2 Å². The summed E-state index contributed by atoms with van der Waals surface area (Å²) in [6.07, 6.45) is 1.67. The average molecular weight is 270 g/mol. The maximum Gasteiger partial charge on any atom is 0.124 e. The molecule has 3 nitrogen and oxygen atoms in total. The van der Waals surface area contributed by atoms with Gasteiger partial charge in [-0.25, -0.2) is 4.39 Å². The number of aromatic amines is 1. The third-order valence-electron chi connectivity index (χ3n) is 2.14. The lowest BCUT2D eigenvalue weighted by molar-refractivity contribution is 0.627. The molecule has 0 amide bonds. The number of hydrogen-bond donors (Lipinski definition) is 2. The van der Waals surface area contributed by atoms with Crippen LogP contribution in [0.5, 0.6) is 0 Å². The van der Waals surface area contributed by atoms with Crippen molar-refractivity contribution in [1.82, 2.24) is 10.2 Å². The Balaban J connectivity index is 2.54. The number of nitrogens with two attached hydrogens (primary N) is 1. The summed E-state index contributed by atoms with van der Waals surface area (Å²) in [5, 5.41) is 6.76. The number of H-pyrrole nitrogens is 1. The summed E-state index contributed by atoms with van der Waals surface area (Å²) in [6.45, 7) is 0.398. The first-order chi connectivity index (χ1) is 7.22. The molecule has 0 aliphatic carbocycles. The monoisotopic (exact) mass is 269 g/mol. The van der Waals surface area contributed by atoms with E-state index in [1.165, 1.54) is 12.1 Å².